The fraction of sp³-hybridized carbons (Fsp3) is 0. The van der Waals surface area contributed by atoms with Gasteiger partial charge < -0.3 is 0 Å². The van der Waals surface area contributed by atoms with Crippen LogP contribution < -0.4 is 0 Å². The zero-order valence-electron chi connectivity index (χ0n) is 3.22. The van der Waals surface area contributed by atoms with Crippen molar-refractivity contribution >= 4 is 22.8 Å². The molecule has 0 amide bonds. The van der Waals surface area contributed by atoms with Crippen molar-refractivity contribution in [3.8, 4) is 0 Å². The van der Waals surface area contributed by atoms with Crippen molar-refractivity contribution in [2.24, 2.45) is 0 Å². The number of hydrogen-bond acceptors (Lipinski definition) is 2. The van der Waals surface area contributed by atoms with Gasteiger partial charge >= 0.3 is 10.4 Å². The maximum Gasteiger partial charge on any atom is 0.394 e. The van der Waals surface area contributed by atoms with Crippen LogP contribution in [0.1, 0.15) is 0 Å². The van der Waals surface area contributed by atoms with Gasteiger partial charge in [0.1, 0.15) is 0 Å². The van der Waals surface area contributed by atoms with Crippen molar-refractivity contribution in [1.29, 1.82) is 0 Å². The molecule has 0 atom stereocenters. The molecule has 0 heterocycles. The van der Waals surface area contributed by atoms with Crippen LogP contribution in [-0.2, 0) is 26.9 Å². The Kier molecular flexibility index (Phi) is 22.3. The molecule has 0 aromatic heterocycles. The van der Waals surface area contributed by atoms with Gasteiger partial charge in [-0.15, -0.1) is 12.4 Å². The van der Waals surface area contributed by atoms with Gasteiger partial charge in [-0.3, -0.25) is 9.11 Å². The molecule has 0 spiro atoms. The van der Waals surface area contributed by atoms with Crippen molar-refractivity contribution in [2.45, 2.75) is 0 Å². The predicted octanol–water partition coefficient (Wildman–Crippen LogP) is 0.187. The molecule has 8 heavy (non-hydrogen) atoms. The summed E-state index contributed by atoms with van der Waals surface area (Å²) in [6.45, 7) is 0. The molecule has 0 aromatic rings. The second-order valence-corrected chi connectivity index (χ2v) is 1.34. The second-order valence-electron chi connectivity index (χ2n) is 0.448. The normalized spacial score (nSPS) is 7.25. The van der Waals surface area contributed by atoms with Crippen molar-refractivity contribution < 1.29 is 38.7 Å². The van der Waals surface area contributed by atoms with Gasteiger partial charge in [-0.2, -0.15) is 8.42 Å². The van der Waals surface area contributed by atoms with Crippen LogP contribution in [0.15, 0.2) is 0 Å². The largest absolute Gasteiger partial charge is 0.394 e. The molecule has 0 unspecified atom stereocenters. The van der Waals surface area contributed by atoms with E-state index in [0.717, 1.165) is 0 Å². The van der Waals surface area contributed by atoms with Crippen molar-refractivity contribution in [2.75, 3.05) is 0 Å². The topological polar surface area (TPSA) is 74.6 Å². The summed E-state index contributed by atoms with van der Waals surface area (Å²) < 4.78 is 31.6. The van der Waals surface area contributed by atoms with Crippen LogP contribution in [0.3, 0.4) is 0 Å². The van der Waals surface area contributed by atoms with Crippen LogP contribution in [0, 0.1) is 0 Å². The summed E-state index contributed by atoms with van der Waals surface area (Å²) in [5, 5.41) is 0. The standard InChI is InChI=1S/ClH.F.Ni.H2O4S/c;;;1-5(2,3)4/h1H;;;(H2,1,2,3,4). The monoisotopic (exact) mass is 211 g/mol. The summed E-state index contributed by atoms with van der Waals surface area (Å²) >= 11 is 0. The Morgan fingerprint density at radius 1 is 1.12 bits per heavy atom. The fourth-order valence-corrected chi connectivity index (χ4v) is 0. The first-order valence-electron chi connectivity index (χ1n) is 0.698. The van der Waals surface area contributed by atoms with Crippen LogP contribution >= 0.6 is 12.4 Å². The zero-order chi connectivity index (χ0) is 4.50. The molecule has 0 fully saturated rings. The fourth-order valence-electron chi connectivity index (χ4n) is 0. The van der Waals surface area contributed by atoms with E-state index < -0.39 is 10.4 Å². The molecule has 0 aromatic carbocycles. The van der Waals surface area contributed by atoms with Crippen molar-refractivity contribution in [3.63, 3.8) is 0 Å². The molecule has 0 aliphatic rings. The smallest absolute Gasteiger partial charge is 0.264 e. The molecule has 57 valence electrons. The van der Waals surface area contributed by atoms with Gasteiger partial charge in [-0.05, 0) is 0 Å². The first kappa shape index (κ1) is 23.5. The molecule has 0 aliphatic heterocycles. The average Bonchev–Trinajstić information content (AvgIpc) is 0.722. The number of halogens is 2. The molecule has 4 nitrogen and oxygen atoms in total. The summed E-state index contributed by atoms with van der Waals surface area (Å²) in [7, 11) is -4.67. The van der Waals surface area contributed by atoms with E-state index in [9.17, 15) is 0 Å². The van der Waals surface area contributed by atoms with Crippen LogP contribution in [-0.4, -0.2) is 17.5 Å². The second kappa shape index (κ2) is 7.58. The Morgan fingerprint density at radius 2 is 1.12 bits per heavy atom. The summed E-state index contributed by atoms with van der Waals surface area (Å²) in [5.41, 5.74) is 0. The van der Waals surface area contributed by atoms with Gasteiger partial charge in [0.2, 0.25) is 0 Å². The quantitative estimate of drug-likeness (QED) is 0.444. The van der Waals surface area contributed by atoms with Crippen LogP contribution in [0.2, 0.25) is 0 Å². The van der Waals surface area contributed by atoms with E-state index >= 15 is 0 Å². The minimum absolute atomic E-state index is 0. The van der Waals surface area contributed by atoms with E-state index in [4.69, 9.17) is 17.5 Å². The summed E-state index contributed by atoms with van der Waals surface area (Å²) in [5.74, 6) is 0. The van der Waals surface area contributed by atoms with Gasteiger partial charge in [-0.25, -0.2) is 0 Å². The van der Waals surface area contributed by atoms with E-state index in [1.165, 1.54) is 0 Å². The van der Waals surface area contributed by atoms with E-state index in [2.05, 4.69) is 0 Å². The Labute approximate surface area is 61.9 Å². The minimum atomic E-state index is -4.67. The summed E-state index contributed by atoms with van der Waals surface area (Å²) in [6, 6.07) is 0. The molecular weight excluding hydrogens is 209 g/mol. The molecule has 1 radical (unpaired) electrons. The predicted molar refractivity (Wildman–Crippen MR) is 22.5 cm³/mol. The van der Waals surface area contributed by atoms with Crippen molar-refractivity contribution in [1.82, 2.24) is 0 Å². The Balaban J connectivity index is -0.0000000267. The molecule has 2 N–H and O–H groups in total. The van der Waals surface area contributed by atoms with Crippen LogP contribution in [0.25, 0.3) is 0 Å². The molecule has 0 rings (SSSR count). The third kappa shape index (κ3) is 603. The van der Waals surface area contributed by atoms with E-state index in [1.807, 2.05) is 0 Å². The first-order chi connectivity index (χ1) is 2.00. The first-order valence-corrected chi connectivity index (χ1v) is 2.10. The minimum Gasteiger partial charge on any atom is -0.264 e. The molecular formula is H3ClFNiO4S. The third-order valence-electron chi connectivity index (χ3n) is 0. The number of hydrogen-bond donors (Lipinski definition) is 2. The number of rotatable bonds is 0. The zero-order valence-corrected chi connectivity index (χ0v) is 5.84. The van der Waals surface area contributed by atoms with Gasteiger partial charge in [0.25, 0.3) is 0 Å². The van der Waals surface area contributed by atoms with Crippen molar-refractivity contribution in [3.05, 3.63) is 0 Å². The van der Waals surface area contributed by atoms with Gasteiger partial charge in [0.05, 0.1) is 0 Å². The summed E-state index contributed by atoms with van der Waals surface area (Å²) in [4.78, 5) is 0. The molecule has 8 heteroatoms. The van der Waals surface area contributed by atoms with E-state index in [-0.39, 0.29) is 33.6 Å². The van der Waals surface area contributed by atoms with Gasteiger partial charge in [-0.1, -0.05) is 0 Å². The maximum absolute atomic E-state index is 8.74. The molecule has 0 saturated carbocycles. The Bertz CT molecular complexity index is 99.2. The Morgan fingerprint density at radius 3 is 1.12 bits per heavy atom. The average molecular weight is 212 g/mol. The van der Waals surface area contributed by atoms with E-state index in [0.29, 0.717) is 0 Å². The maximum atomic E-state index is 8.74. The van der Waals surface area contributed by atoms with Crippen LogP contribution in [0.4, 0.5) is 4.70 Å². The van der Waals surface area contributed by atoms with E-state index in [1.54, 1.807) is 0 Å². The van der Waals surface area contributed by atoms with Crippen LogP contribution in [0.5, 0.6) is 0 Å². The molecule has 0 aliphatic carbocycles. The SMILES string of the molecule is Cl.O=S(=O)(O)O.[F].[Ni]. The molecule has 0 bridgehead atoms. The Hall–Kier alpha value is 0.584. The third-order valence-corrected chi connectivity index (χ3v) is 0. The van der Waals surface area contributed by atoms with Gasteiger partial charge in [0, 0.05) is 21.2 Å². The summed E-state index contributed by atoms with van der Waals surface area (Å²) in [6.07, 6.45) is 0. The van der Waals surface area contributed by atoms with Gasteiger partial charge in [0.15, 0.2) is 0 Å². The molecule has 0 saturated heterocycles.